The molecule has 1 atom stereocenters. The molecule has 86 valence electrons. The molecule has 1 aromatic rings. The predicted octanol–water partition coefficient (Wildman–Crippen LogP) is 1.10. The van der Waals surface area contributed by atoms with E-state index in [0.717, 1.165) is 12.8 Å². The standard InChI is InChI=1S/C11H14N2O2S/c1-12-10(14)8-4-2-6-13(8)11(15)9-5-3-7-16-9/h3,5,7-8H,2,4,6H2,1H3,(H,12,14). The van der Waals surface area contributed by atoms with Crippen molar-refractivity contribution in [3.8, 4) is 0 Å². The summed E-state index contributed by atoms with van der Waals surface area (Å²) in [5, 5.41) is 4.48. The predicted molar refractivity (Wildman–Crippen MR) is 62.4 cm³/mol. The summed E-state index contributed by atoms with van der Waals surface area (Å²) >= 11 is 1.42. The van der Waals surface area contributed by atoms with Gasteiger partial charge in [0.2, 0.25) is 5.91 Å². The maximum absolute atomic E-state index is 12.1. The van der Waals surface area contributed by atoms with Crippen LogP contribution in [0.15, 0.2) is 17.5 Å². The van der Waals surface area contributed by atoms with E-state index in [0.29, 0.717) is 11.4 Å². The van der Waals surface area contributed by atoms with Gasteiger partial charge in [-0.3, -0.25) is 9.59 Å². The van der Waals surface area contributed by atoms with E-state index >= 15 is 0 Å². The molecular weight excluding hydrogens is 224 g/mol. The lowest BCUT2D eigenvalue weighted by Crippen LogP contribution is -2.44. The van der Waals surface area contributed by atoms with Crippen LogP contribution in [0.2, 0.25) is 0 Å². The lowest BCUT2D eigenvalue weighted by Gasteiger charge is -2.22. The Morgan fingerprint density at radius 1 is 1.56 bits per heavy atom. The molecule has 2 amide bonds. The maximum atomic E-state index is 12.1. The molecule has 16 heavy (non-hydrogen) atoms. The Morgan fingerprint density at radius 2 is 2.38 bits per heavy atom. The molecule has 2 rings (SSSR count). The van der Waals surface area contributed by atoms with Crippen molar-refractivity contribution in [3.63, 3.8) is 0 Å². The summed E-state index contributed by atoms with van der Waals surface area (Å²) in [6.07, 6.45) is 1.66. The van der Waals surface area contributed by atoms with Gasteiger partial charge in [0.1, 0.15) is 6.04 Å². The molecule has 1 aliphatic heterocycles. The van der Waals surface area contributed by atoms with Gasteiger partial charge in [-0.05, 0) is 24.3 Å². The van der Waals surface area contributed by atoms with E-state index in [4.69, 9.17) is 0 Å². The second kappa shape index (κ2) is 4.65. The summed E-state index contributed by atoms with van der Waals surface area (Å²) in [4.78, 5) is 26.1. The summed E-state index contributed by atoms with van der Waals surface area (Å²) in [7, 11) is 1.61. The number of hydrogen-bond donors (Lipinski definition) is 1. The van der Waals surface area contributed by atoms with Gasteiger partial charge >= 0.3 is 0 Å². The van der Waals surface area contributed by atoms with E-state index in [-0.39, 0.29) is 17.9 Å². The molecule has 1 saturated heterocycles. The second-order valence-corrected chi connectivity index (χ2v) is 4.70. The van der Waals surface area contributed by atoms with Crippen LogP contribution in [-0.4, -0.2) is 36.3 Å². The van der Waals surface area contributed by atoms with E-state index in [1.54, 1.807) is 18.0 Å². The van der Waals surface area contributed by atoms with Crippen LogP contribution >= 0.6 is 11.3 Å². The normalized spacial score (nSPS) is 19.8. The van der Waals surface area contributed by atoms with E-state index < -0.39 is 0 Å². The number of hydrogen-bond acceptors (Lipinski definition) is 3. The Labute approximate surface area is 98.3 Å². The van der Waals surface area contributed by atoms with Crippen LogP contribution in [0.25, 0.3) is 0 Å². The summed E-state index contributed by atoms with van der Waals surface area (Å²) in [6, 6.07) is 3.36. The number of amides is 2. The average Bonchev–Trinajstić information content (AvgIpc) is 2.97. The SMILES string of the molecule is CNC(=O)C1CCCN1C(=O)c1cccs1. The van der Waals surface area contributed by atoms with Crippen LogP contribution in [0.3, 0.4) is 0 Å². The smallest absolute Gasteiger partial charge is 0.264 e. The van der Waals surface area contributed by atoms with Crippen LogP contribution in [0, 0.1) is 0 Å². The Morgan fingerprint density at radius 3 is 3.00 bits per heavy atom. The maximum Gasteiger partial charge on any atom is 0.264 e. The van der Waals surface area contributed by atoms with Crippen LogP contribution in [-0.2, 0) is 4.79 Å². The molecule has 1 unspecified atom stereocenters. The molecule has 1 aliphatic rings. The van der Waals surface area contributed by atoms with Gasteiger partial charge in [0.15, 0.2) is 0 Å². The molecule has 1 N–H and O–H groups in total. The third-order valence-corrected chi connectivity index (χ3v) is 3.65. The molecule has 2 heterocycles. The van der Waals surface area contributed by atoms with Crippen LogP contribution in [0.1, 0.15) is 22.5 Å². The number of nitrogens with zero attached hydrogens (tertiary/aromatic N) is 1. The first kappa shape index (κ1) is 11.1. The third kappa shape index (κ3) is 1.95. The van der Waals surface area contributed by atoms with Crippen molar-refractivity contribution in [1.82, 2.24) is 10.2 Å². The molecule has 0 radical (unpaired) electrons. The number of likely N-dealkylation sites (tertiary alicyclic amines) is 1. The van der Waals surface area contributed by atoms with Gasteiger partial charge in [-0.1, -0.05) is 6.07 Å². The van der Waals surface area contributed by atoms with Crippen LogP contribution < -0.4 is 5.32 Å². The monoisotopic (exact) mass is 238 g/mol. The zero-order chi connectivity index (χ0) is 11.5. The van der Waals surface area contributed by atoms with Gasteiger partial charge in [-0.15, -0.1) is 11.3 Å². The van der Waals surface area contributed by atoms with Crippen LogP contribution in [0.4, 0.5) is 0 Å². The third-order valence-electron chi connectivity index (χ3n) is 2.79. The highest BCUT2D eigenvalue weighted by Gasteiger charge is 2.34. The van der Waals surface area contributed by atoms with Gasteiger partial charge in [0, 0.05) is 13.6 Å². The summed E-state index contributed by atoms with van der Waals surface area (Å²) in [6.45, 7) is 0.675. The van der Waals surface area contributed by atoms with E-state index in [9.17, 15) is 9.59 Å². The second-order valence-electron chi connectivity index (χ2n) is 3.75. The number of nitrogens with one attached hydrogen (secondary N) is 1. The van der Waals surface area contributed by atoms with E-state index in [2.05, 4.69) is 5.32 Å². The Balaban J connectivity index is 2.14. The minimum absolute atomic E-state index is 0.0268. The number of thiophene rings is 1. The summed E-state index contributed by atoms with van der Waals surface area (Å²) in [5.74, 6) is -0.0940. The zero-order valence-corrected chi connectivity index (χ0v) is 9.92. The number of rotatable bonds is 2. The molecule has 1 aromatic heterocycles. The molecule has 0 aromatic carbocycles. The summed E-state index contributed by atoms with van der Waals surface area (Å²) in [5.41, 5.74) is 0. The molecule has 0 spiro atoms. The largest absolute Gasteiger partial charge is 0.357 e. The van der Waals surface area contributed by atoms with Gasteiger partial charge in [0.05, 0.1) is 4.88 Å². The van der Waals surface area contributed by atoms with Gasteiger partial charge in [-0.2, -0.15) is 0 Å². The summed E-state index contributed by atoms with van der Waals surface area (Å²) < 4.78 is 0. The lowest BCUT2D eigenvalue weighted by molar-refractivity contribution is -0.124. The Bertz CT molecular complexity index is 389. The van der Waals surface area contributed by atoms with Gasteiger partial charge < -0.3 is 10.2 Å². The highest BCUT2D eigenvalue weighted by atomic mass is 32.1. The molecule has 1 fully saturated rings. The first-order valence-corrected chi connectivity index (χ1v) is 6.18. The van der Waals surface area contributed by atoms with Crippen molar-refractivity contribution < 1.29 is 9.59 Å². The number of likely N-dealkylation sites (N-methyl/N-ethyl adjacent to an activating group) is 1. The van der Waals surface area contributed by atoms with E-state index in [1.165, 1.54) is 11.3 Å². The molecule has 4 nitrogen and oxygen atoms in total. The minimum atomic E-state index is -0.292. The Kier molecular flexibility index (Phi) is 3.24. The topological polar surface area (TPSA) is 49.4 Å². The van der Waals surface area contributed by atoms with Gasteiger partial charge in [-0.25, -0.2) is 0 Å². The lowest BCUT2D eigenvalue weighted by atomic mass is 10.2. The van der Waals surface area contributed by atoms with Crippen molar-refractivity contribution in [2.24, 2.45) is 0 Å². The van der Waals surface area contributed by atoms with Crippen molar-refractivity contribution in [1.29, 1.82) is 0 Å². The van der Waals surface area contributed by atoms with Crippen molar-refractivity contribution in [3.05, 3.63) is 22.4 Å². The molecular formula is C11H14N2O2S. The highest BCUT2D eigenvalue weighted by molar-refractivity contribution is 7.12. The molecule has 0 saturated carbocycles. The van der Waals surface area contributed by atoms with Crippen molar-refractivity contribution >= 4 is 23.2 Å². The molecule has 5 heteroatoms. The number of carbonyl (C=O) groups is 2. The quantitative estimate of drug-likeness (QED) is 0.838. The fourth-order valence-electron chi connectivity index (χ4n) is 1.99. The van der Waals surface area contributed by atoms with E-state index in [1.807, 2.05) is 11.4 Å². The highest BCUT2D eigenvalue weighted by Crippen LogP contribution is 2.22. The zero-order valence-electron chi connectivity index (χ0n) is 9.10. The number of carbonyl (C=O) groups excluding carboxylic acids is 2. The van der Waals surface area contributed by atoms with Gasteiger partial charge in [0.25, 0.3) is 5.91 Å². The average molecular weight is 238 g/mol. The Hall–Kier alpha value is -1.36. The van der Waals surface area contributed by atoms with Crippen molar-refractivity contribution in [2.75, 3.05) is 13.6 Å². The van der Waals surface area contributed by atoms with Crippen molar-refractivity contribution in [2.45, 2.75) is 18.9 Å². The molecule has 0 bridgehead atoms. The minimum Gasteiger partial charge on any atom is -0.357 e. The fraction of sp³-hybridized carbons (Fsp3) is 0.455. The first-order valence-electron chi connectivity index (χ1n) is 5.30. The fourth-order valence-corrected chi connectivity index (χ4v) is 2.67. The molecule has 0 aliphatic carbocycles. The van der Waals surface area contributed by atoms with Crippen LogP contribution in [0.5, 0.6) is 0 Å². The first-order chi connectivity index (χ1) is 7.74.